The van der Waals surface area contributed by atoms with Gasteiger partial charge in [-0.25, -0.2) is 9.78 Å². The van der Waals surface area contributed by atoms with Crippen LogP contribution in [0.25, 0.3) is 0 Å². The molecule has 86 valence electrons. The molecule has 0 amide bonds. The molecule has 0 spiro atoms. The largest absolute Gasteiger partial charge is 0.476 e. The van der Waals surface area contributed by atoms with E-state index in [1.54, 1.807) is 6.20 Å². The first-order chi connectivity index (χ1) is 7.74. The number of rotatable bonds is 2. The fourth-order valence-electron chi connectivity index (χ4n) is 2.44. The summed E-state index contributed by atoms with van der Waals surface area (Å²) in [7, 11) is 0. The van der Waals surface area contributed by atoms with Gasteiger partial charge in [0.15, 0.2) is 5.69 Å². The number of hydrogen-bond acceptors (Lipinski definition) is 3. The molecule has 0 bridgehead atoms. The molecule has 0 saturated heterocycles. The number of carboxylic acid groups (broad SMARTS) is 1. The molecule has 16 heavy (non-hydrogen) atoms. The minimum atomic E-state index is -0.933. The molecule has 1 aliphatic heterocycles. The molecular weight excluding hydrogens is 206 g/mol. The summed E-state index contributed by atoms with van der Waals surface area (Å²) in [6.45, 7) is 2.69. The smallest absolute Gasteiger partial charge is 0.356 e. The molecule has 1 saturated carbocycles. The van der Waals surface area contributed by atoms with Crippen LogP contribution in [0.1, 0.15) is 35.6 Å². The standard InChI is InChI=1S/C11H15N3O2/c15-11(16)9-6-14-5-4-13(7-10(14)12-9)8-2-1-3-8/h6,8H,1-5,7H2,(H,15,16). The Morgan fingerprint density at radius 3 is 2.88 bits per heavy atom. The number of hydrogen-bond donors (Lipinski definition) is 1. The summed E-state index contributed by atoms with van der Waals surface area (Å²) in [5.74, 6) is -0.0346. The van der Waals surface area contributed by atoms with Crippen molar-refractivity contribution in [1.82, 2.24) is 14.5 Å². The minimum Gasteiger partial charge on any atom is -0.476 e. The number of nitrogens with zero attached hydrogens (tertiary/aromatic N) is 3. The molecule has 0 unspecified atom stereocenters. The number of aromatic carboxylic acids is 1. The molecule has 1 fully saturated rings. The van der Waals surface area contributed by atoms with E-state index in [9.17, 15) is 4.79 Å². The SMILES string of the molecule is O=C(O)c1cn2c(n1)CN(C1CCC1)CC2. The molecule has 3 rings (SSSR count). The van der Waals surface area contributed by atoms with Crippen molar-refractivity contribution in [2.75, 3.05) is 6.54 Å². The second-order valence-corrected chi connectivity index (χ2v) is 4.60. The topological polar surface area (TPSA) is 58.4 Å². The second-order valence-electron chi connectivity index (χ2n) is 4.60. The summed E-state index contributed by atoms with van der Waals surface area (Å²) in [5.41, 5.74) is 0.172. The van der Waals surface area contributed by atoms with Gasteiger partial charge in [-0.05, 0) is 12.8 Å². The van der Waals surface area contributed by atoms with Crippen molar-refractivity contribution in [3.63, 3.8) is 0 Å². The Bertz CT molecular complexity index is 423. The maximum Gasteiger partial charge on any atom is 0.356 e. The predicted octanol–water partition coefficient (Wildman–Crippen LogP) is 0.949. The van der Waals surface area contributed by atoms with Crippen LogP contribution in [0.2, 0.25) is 0 Å². The maximum atomic E-state index is 10.8. The number of aromatic nitrogens is 2. The third kappa shape index (κ3) is 1.51. The van der Waals surface area contributed by atoms with Crippen LogP contribution in [0.5, 0.6) is 0 Å². The van der Waals surface area contributed by atoms with Crippen LogP contribution in [0, 0.1) is 0 Å². The van der Waals surface area contributed by atoms with E-state index >= 15 is 0 Å². The van der Waals surface area contributed by atoms with Crippen molar-refractivity contribution < 1.29 is 9.90 Å². The van der Waals surface area contributed by atoms with Gasteiger partial charge in [0.2, 0.25) is 0 Å². The van der Waals surface area contributed by atoms with Gasteiger partial charge >= 0.3 is 5.97 Å². The summed E-state index contributed by atoms with van der Waals surface area (Å²) >= 11 is 0. The molecule has 1 aromatic heterocycles. The highest BCUT2D eigenvalue weighted by Crippen LogP contribution is 2.27. The summed E-state index contributed by atoms with van der Waals surface area (Å²) in [5, 5.41) is 8.88. The van der Waals surface area contributed by atoms with Crippen LogP contribution in [-0.2, 0) is 13.1 Å². The van der Waals surface area contributed by atoms with Crippen LogP contribution in [0.15, 0.2) is 6.20 Å². The maximum absolute atomic E-state index is 10.8. The lowest BCUT2D eigenvalue weighted by atomic mass is 9.91. The van der Waals surface area contributed by atoms with Crippen molar-refractivity contribution in [2.45, 2.75) is 38.4 Å². The van der Waals surface area contributed by atoms with E-state index in [-0.39, 0.29) is 5.69 Å². The molecule has 2 heterocycles. The summed E-state index contributed by atoms with van der Waals surface area (Å²) < 4.78 is 1.97. The Kier molecular flexibility index (Phi) is 2.21. The van der Waals surface area contributed by atoms with Gasteiger partial charge in [-0.1, -0.05) is 6.42 Å². The summed E-state index contributed by atoms with van der Waals surface area (Å²) in [6.07, 6.45) is 5.55. The lowest BCUT2D eigenvalue weighted by Gasteiger charge is -2.39. The first-order valence-corrected chi connectivity index (χ1v) is 5.77. The normalized spacial score (nSPS) is 21.5. The number of carbonyl (C=O) groups is 1. The zero-order valence-electron chi connectivity index (χ0n) is 9.09. The quantitative estimate of drug-likeness (QED) is 0.807. The third-order valence-corrected chi connectivity index (χ3v) is 3.64. The average molecular weight is 221 g/mol. The summed E-state index contributed by atoms with van der Waals surface area (Å²) in [4.78, 5) is 17.4. The second kappa shape index (κ2) is 3.59. The lowest BCUT2D eigenvalue weighted by molar-refractivity contribution is 0.0690. The molecular formula is C11H15N3O2. The Balaban J connectivity index is 1.79. The van der Waals surface area contributed by atoms with E-state index in [4.69, 9.17) is 5.11 Å². The lowest BCUT2D eigenvalue weighted by Crippen LogP contribution is -2.44. The van der Waals surface area contributed by atoms with E-state index < -0.39 is 5.97 Å². The molecule has 1 N–H and O–H groups in total. The van der Waals surface area contributed by atoms with Crippen molar-refractivity contribution >= 4 is 5.97 Å². The van der Waals surface area contributed by atoms with Crippen molar-refractivity contribution in [1.29, 1.82) is 0 Å². The molecule has 5 heteroatoms. The van der Waals surface area contributed by atoms with Crippen LogP contribution >= 0.6 is 0 Å². The van der Waals surface area contributed by atoms with Gasteiger partial charge in [0.25, 0.3) is 0 Å². The van der Waals surface area contributed by atoms with Crippen LogP contribution < -0.4 is 0 Å². The van der Waals surface area contributed by atoms with Gasteiger partial charge < -0.3 is 9.67 Å². The number of imidazole rings is 1. The van der Waals surface area contributed by atoms with Gasteiger partial charge in [0.1, 0.15) is 5.82 Å². The van der Waals surface area contributed by atoms with E-state index in [1.165, 1.54) is 19.3 Å². The third-order valence-electron chi connectivity index (χ3n) is 3.64. The molecule has 5 nitrogen and oxygen atoms in total. The molecule has 0 radical (unpaired) electrons. The highest BCUT2D eigenvalue weighted by Gasteiger charge is 2.29. The average Bonchev–Trinajstić information content (AvgIpc) is 2.57. The highest BCUT2D eigenvalue weighted by molar-refractivity contribution is 5.85. The molecule has 0 atom stereocenters. The zero-order chi connectivity index (χ0) is 11.1. The predicted molar refractivity (Wildman–Crippen MR) is 57.2 cm³/mol. The van der Waals surface area contributed by atoms with Gasteiger partial charge in [-0.15, -0.1) is 0 Å². The first kappa shape index (κ1) is 9.84. The Hall–Kier alpha value is -1.36. The molecule has 2 aliphatic rings. The Morgan fingerprint density at radius 2 is 2.25 bits per heavy atom. The van der Waals surface area contributed by atoms with E-state index in [0.29, 0.717) is 6.04 Å². The van der Waals surface area contributed by atoms with Crippen LogP contribution in [0.4, 0.5) is 0 Å². The molecule has 1 aromatic rings. The first-order valence-electron chi connectivity index (χ1n) is 5.77. The van der Waals surface area contributed by atoms with Crippen molar-refractivity contribution in [2.24, 2.45) is 0 Å². The Morgan fingerprint density at radius 1 is 1.44 bits per heavy atom. The van der Waals surface area contributed by atoms with Gasteiger partial charge in [-0.2, -0.15) is 0 Å². The zero-order valence-corrected chi connectivity index (χ0v) is 9.09. The van der Waals surface area contributed by atoms with E-state index in [2.05, 4.69) is 9.88 Å². The fraction of sp³-hybridized carbons (Fsp3) is 0.636. The molecule has 0 aromatic carbocycles. The highest BCUT2D eigenvalue weighted by atomic mass is 16.4. The van der Waals surface area contributed by atoms with E-state index in [0.717, 1.165) is 25.5 Å². The number of carboxylic acids is 1. The van der Waals surface area contributed by atoms with Crippen molar-refractivity contribution in [3.05, 3.63) is 17.7 Å². The van der Waals surface area contributed by atoms with Gasteiger partial charge in [0, 0.05) is 25.3 Å². The van der Waals surface area contributed by atoms with E-state index in [1.807, 2.05) is 4.57 Å². The van der Waals surface area contributed by atoms with Crippen LogP contribution in [0.3, 0.4) is 0 Å². The minimum absolute atomic E-state index is 0.172. The van der Waals surface area contributed by atoms with Gasteiger partial charge in [0.05, 0.1) is 6.54 Å². The van der Waals surface area contributed by atoms with Crippen molar-refractivity contribution in [3.8, 4) is 0 Å². The van der Waals surface area contributed by atoms with Gasteiger partial charge in [-0.3, -0.25) is 4.90 Å². The number of fused-ring (bicyclic) bond motifs is 1. The monoisotopic (exact) mass is 221 g/mol. The molecule has 1 aliphatic carbocycles. The fourth-order valence-corrected chi connectivity index (χ4v) is 2.44. The summed E-state index contributed by atoms with van der Waals surface area (Å²) in [6, 6.07) is 0.707. The Labute approximate surface area is 93.7 Å². The van der Waals surface area contributed by atoms with Crippen LogP contribution in [-0.4, -0.2) is 38.1 Å².